The van der Waals surface area contributed by atoms with E-state index < -0.39 is 0 Å². The van der Waals surface area contributed by atoms with E-state index in [-0.39, 0.29) is 11.5 Å². The largest absolute Gasteiger partial charge is 0.508 e. The van der Waals surface area contributed by atoms with Crippen molar-refractivity contribution in [3.05, 3.63) is 60.2 Å². The fraction of sp³-hybridized carbons (Fsp3) is 0.188. The highest BCUT2D eigenvalue weighted by atomic mass is 32.2. The summed E-state index contributed by atoms with van der Waals surface area (Å²) in [5, 5.41) is 9.17. The summed E-state index contributed by atoms with van der Waals surface area (Å²) in [5.74, 6) is 1.39. The van der Waals surface area contributed by atoms with E-state index in [4.69, 9.17) is 0 Å². The summed E-state index contributed by atoms with van der Waals surface area (Å²) in [6.07, 6.45) is 1.44. The first-order valence-electron chi connectivity index (χ1n) is 6.26. The molecular weight excluding hydrogens is 256 g/mol. The van der Waals surface area contributed by atoms with E-state index in [1.165, 1.54) is 0 Å². The van der Waals surface area contributed by atoms with Gasteiger partial charge < -0.3 is 5.11 Å². The van der Waals surface area contributed by atoms with Crippen molar-refractivity contribution >= 4 is 17.5 Å². The number of phenolic OH excluding ortho intramolecular Hbond substituents is 1. The number of phenols is 1. The third kappa shape index (κ3) is 4.45. The lowest BCUT2D eigenvalue weighted by Crippen LogP contribution is -1.98. The molecule has 0 atom stereocenters. The lowest BCUT2D eigenvalue weighted by Gasteiger charge is -2.02. The second-order valence-electron chi connectivity index (χ2n) is 4.24. The molecule has 0 spiro atoms. The Balaban J connectivity index is 1.72. The van der Waals surface area contributed by atoms with Crippen molar-refractivity contribution < 1.29 is 9.90 Å². The maximum absolute atomic E-state index is 11.9. The van der Waals surface area contributed by atoms with Crippen LogP contribution in [0.2, 0.25) is 0 Å². The number of carbonyl (C=O) groups excluding carboxylic acids is 1. The molecule has 3 heteroatoms. The Bertz CT molecular complexity index is 520. The number of hydrogen-bond acceptors (Lipinski definition) is 3. The molecule has 0 aliphatic rings. The Morgan fingerprint density at radius 1 is 1.00 bits per heavy atom. The molecule has 0 amide bonds. The van der Waals surface area contributed by atoms with E-state index in [0.29, 0.717) is 6.42 Å². The predicted octanol–water partition coefficient (Wildman–Crippen LogP) is 4.15. The second kappa shape index (κ2) is 7.00. The monoisotopic (exact) mass is 272 g/mol. The van der Waals surface area contributed by atoms with Gasteiger partial charge in [-0.1, -0.05) is 30.3 Å². The molecule has 0 saturated heterocycles. The van der Waals surface area contributed by atoms with Gasteiger partial charge in [-0.3, -0.25) is 4.79 Å². The molecule has 0 aliphatic carbocycles. The summed E-state index contributed by atoms with van der Waals surface area (Å²) in [6.45, 7) is 0. The van der Waals surface area contributed by atoms with E-state index in [1.54, 1.807) is 23.9 Å². The molecule has 0 aromatic heterocycles. The summed E-state index contributed by atoms with van der Waals surface area (Å²) >= 11 is 1.70. The summed E-state index contributed by atoms with van der Waals surface area (Å²) in [5.41, 5.74) is 0.789. The molecule has 0 heterocycles. The zero-order valence-corrected chi connectivity index (χ0v) is 11.4. The number of rotatable bonds is 6. The van der Waals surface area contributed by atoms with Crippen LogP contribution in [0.4, 0.5) is 0 Å². The van der Waals surface area contributed by atoms with E-state index in [2.05, 4.69) is 0 Å². The van der Waals surface area contributed by atoms with Crippen LogP contribution in [-0.4, -0.2) is 16.6 Å². The quantitative estimate of drug-likeness (QED) is 0.487. The van der Waals surface area contributed by atoms with Gasteiger partial charge >= 0.3 is 0 Å². The van der Waals surface area contributed by atoms with Gasteiger partial charge in [-0.15, -0.1) is 11.8 Å². The van der Waals surface area contributed by atoms with Crippen LogP contribution in [0, 0.1) is 0 Å². The Kier molecular flexibility index (Phi) is 5.04. The molecule has 0 saturated carbocycles. The van der Waals surface area contributed by atoms with E-state index in [9.17, 15) is 9.90 Å². The highest BCUT2D eigenvalue weighted by Crippen LogP contribution is 2.22. The zero-order valence-electron chi connectivity index (χ0n) is 10.6. The second-order valence-corrected chi connectivity index (χ2v) is 5.40. The number of carbonyl (C=O) groups is 1. The maximum atomic E-state index is 11.9. The minimum atomic E-state index is 0.201. The lowest BCUT2D eigenvalue weighted by molar-refractivity contribution is 0.0982. The lowest BCUT2D eigenvalue weighted by atomic mass is 10.1. The minimum Gasteiger partial charge on any atom is -0.508 e. The number of ketones is 1. The Morgan fingerprint density at radius 2 is 1.68 bits per heavy atom. The molecule has 0 bridgehead atoms. The van der Waals surface area contributed by atoms with Crippen LogP contribution in [0.5, 0.6) is 5.75 Å². The topological polar surface area (TPSA) is 37.3 Å². The zero-order chi connectivity index (χ0) is 13.5. The molecular formula is C16H16O2S. The van der Waals surface area contributed by atoms with Crippen LogP contribution in [0.1, 0.15) is 23.2 Å². The van der Waals surface area contributed by atoms with Crippen LogP contribution in [0.3, 0.4) is 0 Å². The molecule has 2 rings (SSSR count). The first kappa shape index (κ1) is 13.7. The van der Waals surface area contributed by atoms with Gasteiger partial charge in [-0.05, 0) is 36.4 Å². The Morgan fingerprint density at radius 3 is 2.37 bits per heavy atom. The normalized spacial score (nSPS) is 10.3. The van der Waals surface area contributed by atoms with Gasteiger partial charge in [0.05, 0.1) is 0 Å². The molecule has 2 aromatic rings. The van der Waals surface area contributed by atoms with Crippen LogP contribution in [0.25, 0.3) is 0 Å². The Hall–Kier alpha value is -1.74. The van der Waals surface area contributed by atoms with Gasteiger partial charge in [0.1, 0.15) is 5.75 Å². The predicted molar refractivity (Wildman–Crippen MR) is 78.8 cm³/mol. The van der Waals surface area contributed by atoms with Crippen LogP contribution in [-0.2, 0) is 0 Å². The number of benzene rings is 2. The third-order valence-corrected chi connectivity index (χ3v) is 3.85. The van der Waals surface area contributed by atoms with Crippen molar-refractivity contribution in [2.45, 2.75) is 17.7 Å². The first-order chi connectivity index (χ1) is 9.25. The fourth-order valence-electron chi connectivity index (χ4n) is 1.73. The number of Topliss-reactive ketones (excluding diaryl/α,β-unsaturated/α-hetero) is 1. The van der Waals surface area contributed by atoms with Crippen molar-refractivity contribution in [1.29, 1.82) is 0 Å². The van der Waals surface area contributed by atoms with Crippen LogP contribution < -0.4 is 0 Å². The van der Waals surface area contributed by atoms with Gasteiger partial charge in [0.2, 0.25) is 0 Å². The van der Waals surface area contributed by atoms with Crippen LogP contribution >= 0.6 is 11.8 Å². The van der Waals surface area contributed by atoms with Gasteiger partial charge in [0.25, 0.3) is 0 Å². The molecule has 2 aromatic carbocycles. The summed E-state index contributed by atoms with van der Waals surface area (Å²) in [7, 11) is 0. The van der Waals surface area contributed by atoms with Gasteiger partial charge in [0, 0.05) is 16.9 Å². The molecule has 98 valence electrons. The van der Waals surface area contributed by atoms with Crippen LogP contribution in [0.15, 0.2) is 59.5 Å². The van der Waals surface area contributed by atoms with E-state index >= 15 is 0 Å². The average molecular weight is 272 g/mol. The smallest absolute Gasteiger partial charge is 0.162 e. The first-order valence-corrected chi connectivity index (χ1v) is 7.24. The van der Waals surface area contributed by atoms with Gasteiger partial charge in [0.15, 0.2) is 5.78 Å². The van der Waals surface area contributed by atoms with Crippen molar-refractivity contribution in [3.63, 3.8) is 0 Å². The van der Waals surface area contributed by atoms with Crippen molar-refractivity contribution in [2.24, 2.45) is 0 Å². The van der Waals surface area contributed by atoms with Gasteiger partial charge in [-0.25, -0.2) is 0 Å². The Labute approximate surface area is 117 Å². The summed E-state index contributed by atoms with van der Waals surface area (Å²) in [6, 6.07) is 16.5. The van der Waals surface area contributed by atoms with Crippen molar-refractivity contribution in [1.82, 2.24) is 0 Å². The maximum Gasteiger partial charge on any atom is 0.162 e. The molecule has 1 N–H and O–H groups in total. The van der Waals surface area contributed by atoms with E-state index in [0.717, 1.165) is 22.6 Å². The third-order valence-electron chi connectivity index (χ3n) is 2.75. The number of thioether (sulfide) groups is 1. The fourth-order valence-corrected chi connectivity index (χ4v) is 2.59. The summed E-state index contributed by atoms with van der Waals surface area (Å²) < 4.78 is 0. The van der Waals surface area contributed by atoms with Gasteiger partial charge in [-0.2, -0.15) is 0 Å². The molecule has 2 nitrogen and oxygen atoms in total. The highest BCUT2D eigenvalue weighted by Gasteiger charge is 2.04. The molecule has 0 radical (unpaired) electrons. The molecule has 0 aliphatic heterocycles. The average Bonchev–Trinajstić information content (AvgIpc) is 2.46. The standard InChI is InChI=1S/C16H16O2S/c17-14-8-10-15(11-9-14)19-12-4-7-16(18)13-5-2-1-3-6-13/h1-3,5-6,8-11,17H,4,7,12H2. The van der Waals surface area contributed by atoms with Crippen molar-refractivity contribution in [2.75, 3.05) is 5.75 Å². The molecule has 19 heavy (non-hydrogen) atoms. The van der Waals surface area contributed by atoms with E-state index in [1.807, 2.05) is 42.5 Å². The van der Waals surface area contributed by atoms with Crippen molar-refractivity contribution in [3.8, 4) is 5.75 Å². The summed E-state index contributed by atoms with van der Waals surface area (Å²) in [4.78, 5) is 13.0. The highest BCUT2D eigenvalue weighted by molar-refractivity contribution is 7.99. The molecule has 0 fully saturated rings. The minimum absolute atomic E-state index is 0.201. The number of aromatic hydroxyl groups is 1. The SMILES string of the molecule is O=C(CCCSc1ccc(O)cc1)c1ccccc1. The number of hydrogen-bond donors (Lipinski definition) is 1. The molecule has 0 unspecified atom stereocenters.